The molecule has 0 unspecified atom stereocenters. The van der Waals surface area contributed by atoms with Crippen molar-refractivity contribution in [2.75, 3.05) is 24.3 Å². The maximum atomic E-state index is 4.71. The van der Waals surface area contributed by atoms with Gasteiger partial charge in [0.2, 0.25) is 5.95 Å². The molecule has 3 rings (SSSR count). The van der Waals surface area contributed by atoms with Crippen molar-refractivity contribution < 1.29 is 0 Å². The third-order valence-electron chi connectivity index (χ3n) is 4.30. The zero-order chi connectivity index (χ0) is 18.5. The Balaban J connectivity index is 1.87. The van der Waals surface area contributed by atoms with Crippen molar-refractivity contribution in [3.63, 3.8) is 0 Å². The lowest BCUT2D eigenvalue weighted by molar-refractivity contribution is 1.13. The Labute approximate surface area is 155 Å². The van der Waals surface area contributed by atoms with E-state index in [0.29, 0.717) is 5.95 Å². The van der Waals surface area contributed by atoms with E-state index in [4.69, 9.17) is 4.98 Å². The summed E-state index contributed by atoms with van der Waals surface area (Å²) in [6.45, 7) is 4.16. The smallest absolute Gasteiger partial charge is 0.227 e. The number of nitrogens with one attached hydrogen (secondary N) is 1. The summed E-state index contributed by atoms with van der Waals surface area (Å²) in [5, 5.41) is 3.29. The van der Waals surface area contributed by atoms with Gasteiger partial charge in [-0.1, -0.05) is 30.3 Å². The number of benzene rings is 2. The van der Waals surface area contributed by atoms with Gasteiger partial charge in [0.15, 0.2) is 0 Å². The Morgan fingerprint density at radius 3 is 2.38 bits per heavy atom. The van der Waals surface area contributed by atoms with Gasteiger partial charge in [0, 0.05) is 37.2 Å². The molecule has 3 aromatic rings. The van der Waals surface area contributed by atoms with Crippen LogP contribution in [-0.2, 0) is 0 Å². The highest BCUT2D eigenvalue weighted by atomic mass is 15.1. The molecule has 1 N–H and O–H groups in total. The van der Waals surface area contributed by atoms with Gasteiger partial charge in [-0.3, -0.25) is 0 Å². The third-order valence-corrected chi connectivity index (χ3v) is 4.30. The van der Waals surface area contributed by atoms with Crippen LogP contribution in [0.15, 0.2) is 66.9 Å². The van der Waals surface area contributed by atoms with Gasteiger partial charge in [-0.25, -0.2) is 9.97 Å². The van der Waals surface area contributed by atoms with Crippen molar-refractivity contribution in [2.24, 2.45) is 0 Å². The first-order valence-corrected chi connectivity index (χ1v) is 8.68. The van der Waals surface area contributed by atoms with E-state index in [1.807, 2.05) is 39.2 Å². The SMILES string of the molecule is C/C=C(/c1ccnc(Nc2ccc(N(C)C)cc2)n1)c1ccccc1C. The molecule has 2 aromatic carbocycles. The van der Waals surface area contributed by atoms with Gasteiger partial charge >= 0.3 is 0 Å². The van der Waals surface area contributed by atoms with E-state index < -0.39 is 0 Å². The highest BCUT2D eigenvalue weighted by molar-refractivity contribution is 5.79. The molecule has 0 spiro atoms. The fourth-order valence-corrected chi connectivity index (χ4v) is 2.86. The molecule has 132 valence electrons. The van der Waals surface area contributed by atoms with Crippen LogP contribution >= 0.6 is 0 Å². The molecule has 1 aromatic heterocycles. The second kappa shape index (κ2) is 7.83. The average molecular weight is 344 g/mol. The molecule has 0 radical (unpaired) electrons. The number of hydrogen-bond acceptors (Lipinski definition) is 4. The molecular formula is C22H24N4. The lowest BCUT2D eigenvalue weighted by Gasteiger charge is -2.14. The van der Waals surface area contributed by atoms with Crippen molar-refractivity contribution >= 4 is 22.9 Å². The van der Waals surface area contributed by atoms with Crippen molar-refractivity contribution in [3.05, 3.63) is 83.7 Å². The van der Waals surface area contributed by atoms with Gasteiger partial charge in [0.1, 0.15) is 0 Å². The standard InChI is InChI=1S/C22H24N4/c1-5-19(20-9-7-6-8-16(20)2)21-14-15-23-22(25-21)24-17-10-12-18(13-11-17)26(3)4/h5-15H,1-4H3,(H,23,24,25)/b19-5+. The first kappa shape index (κ1) is 17.7. The molecule has 0 amide bonds. The largest absolute Gasteiger partial charge is 0.378 e. The lowest BCUT2D eigenvalue weighted by Crippen LogP contribution is -2.08. The van der Waals surface area contributed by atoms with Crippen molar-refractivity contribution in [2.45, 2.75) is 13.8 Å². The maximum absolute atomic E-state index is 4.71. The minimum Gasteiger partial charge on any atom is -0.378 e. The molecule has 0 aliphatic heterocycles. The summed E-state index contributed by atoms with van der Waals surface area (Å²) in [6, 6.07) is 18.5. The van der Waals surface area contributed by atoms with E-state index in [2.05, 4.69) is 64.6 Å². The Kier molecular flexibility index (Phi) is 5.32. The molecule has 26 heavy (non-hydrogen) atoms. The summed E-state index contributed by atoms with van der Waals surface area (Å²) < 4.78 is 0. The minimum absolute atomic E-state index is 0.591. The predicted octanol–water partition coefficient (Wildman–Crippen LogP) is 5.05. The summed E-state index contributed by atoms with van der Waals surface area (Å²) in [5.41, 5.74) is 6.55. The lowest BCUT2D eigenvalue weighted by atomic mass is 9.98. The van der Waals surface area contributed by atoms with Crippen LogP contribution in [-0.4, -0.2) is 24.1 Å². The number of aryl methyl sites for hydroxylation is 1. The van der Waals surface area contributed by atoms with E-state index in [1.165, 1.54) is 11.1 Å². The van der Waals surface area contributed by atoms with Crippen LogP contribution in [0.1, 0.15) is 23.7 Å². The minimum atomic E-state index is 0.591. The Hall–Kier alpha value is -3.14. The Morgan fingerprint density at radius 2 is 1.73 bits per heavy atom. The van der Waals surface area contributed by atoms with Gasteiger partial charge in [-0.15, -0.1) is 0 Å². The van der Waals surface area contributed by atoms with E-state index in [9.17, 15) is 0 Å². The Bertz CT molecular complexity index is 911. The summed E-state index contributed by atoms with van der Waals surface area (Å²) in [6.07, 6.45) is 3.89. The Morgan fingerprint density at radius 1 is 1.00 bits per heavy atom. The number of hydrogen-bond donors (Lipinski definition) is 1. The van der Waals surface area contributed by atoms with Gasteiger partial charge in [-0.05, 0) is 55.3 Å². The van der Waals surface area contributed by atoms with Gasteiger partial charge in [-0.2, -0.15) is 0 Å². The molecule has 0 fully saturated rings. The van der Waals surface area contributed by atoms with Gasteiger partial charge < -0.3 is 10.2 Å². The monoisotopic (exact) mass is 344 g/mol. The molecule has 4 nitrogen and oxygen atoms in total. The molecule has 4 heteroatoms. The van der Waals surface area contributed by atoms with E-state index in [0.717, 1.165) is 22.6 Å². The zero-order valence-corrected chi connectivity index (χ0v) is 15.7. The highest BCUT2D eigenvalue weighted by Crippen LogP contribution is 2.25. The first-order valence-electron chi connectivity index (χ1n) is 8.68. The van der Waals surface area contributed by atoms with Crippen LogP contribution in [0.25, 0.3) is 5.57 Å². The fraction of sp³-hybridized carbons (Fsp3) is 0.182. The summed E-state index contributed by atoms with van der Waals surface area (Å²) >= 11 is 0. The van der Waals surface area contributed by atoms with Crippen LogP contribution in [0.5, 0.6) is 0 Å². The fourth-order valence-electron chi connectivity index (χ4n) is 2.86. The van der Waals surface area contributed by atoms with Gasteiger partial charge in [0.05, 0.1) is 5.69 Å². The maximum Gasteiger partial charge on any atom is 0.227 e. The van der Waals surface area contributed by atoms with E-state index in [1.54, 1.807) is 6.20 Å². The van der Waals surface area contributed by atoms with Crippen LogP contribution in [0, 0.1) is 6.92 Å². The average Bonchev–Trinajstić information content (AvgIpc) is 2.65. The van der Waals surface area contributed by atoms with Crippen LogP contribution in [0.3, 0.4) is 0 Å². The summed E-state index contributed by atoms with van der Waals surface area (Å²) in [5.74, 6) is 0.591. The predicted molar refractivity (Wildman–Crippen MR) is 110 cm³/mol. The van der Waals surface area contributed by atoms with E-state index in [-0.39, 0.29) is 0 Å². The second-order valence-corrected chi connectivity index (χ2v) is 6.35. The van der Waals surface area contributed by atoms with Crippen LogP contribution in [0.4, 0.5) is 17.3 Å². The number of nitrogens with zero attached hydrogens (tertiary/aromatic N) is 3. The van der Waals surface area contributed by atoms with Crippen molar-refractivity contribution in [1.82, 2.24) is 9.97 Å². The first-order chi connectivity index (χ1) is 12.6. The molecular weight excluding hydrogens is 320 g/mol. The van der Waals surface area contributed by atoms with Crippen molar-refractivity contribution in [1.29, 1.82) is 0 Å². The zero-order valence-electron chi connectivity index (χ0n) is 15.7. The quantitative estimate of drug-likeness (QED) is 0.703. The number of allylic oxidation sites excluding steroid dienone is 1. The van der Waals surface area contributed by atoms with Gasteiger partial charge in [0.25, 0.3) is 0 Å². The summed E-state index contributed by atoms with van der Waals surface area (Å²) in [4.78, 5) is 11.1. The molecule has 0 atom stereocenters. The normalized spacial score (nSPS) is 11.3. The third kappa shape index (κ3) is 3.91. The molecule has 0 bridgehead atoms. The second-order valence-electron chi connectivity index (χ2n) is 6.35. The van der Waals surface area contributed by atoms with Crippen molar-refractivity contribution in [3.8, 4) is 0 Å². The molecule has 0 aliphatic carbocycles. The number of anilines is 3. The molecule has 0 saturated carbocycles. The molecule has 0 aliphatic rings. The number of aromatic nitrogens is 2. The van der Waals surface area contributed by atoms with Crippen LogP contribution in [0.2, 0.25) is 0 Å². The highest BCUT2D eigenvalue weighted by Gasteiger charge is 2.09. The van der Waals surface area contributed by atoms with E-state index >= 15 is 0 Å². The molecule has 0 saturated heterocycles. The van der Waals surface area contributed by atoms with Crippen LogP contribution < -0.4 is 10.2 Å². The number of rotatable bonds is 5. The summed E-state index contributed by atoms with van der Waals surface area (Å²) in [7, 11) is 4.05. The molecule has 1 heterocycles. The topological polar surface area (TPSA) is 41.1 Å².